The van der Waals surface area contributed by atoms with Crippen LogP contribution in [-0.2, 0) is 4.74 Å². The molecule has 23 heavy (non-hydrogen) atoms. The van der Waals surface area contributed by atoms with E-state index in [0.717, 1.165) is 0 Å². The fourth-order valence-electron chi connectivity index (χ4n) is 2.47. The van der Waals surface area contributed by atoms with Gasteiger partial charge in [-0.2, -0.15) is 0 Å². The van der Waals surface area contributed by atoms with Crippen LogP contribution in [0.25, 0.3) is 10.9 Å². The van der Waals surface area contributed by atoms with E-state index in [4.69, 9.17) is 14.2 Å². The summed E-state index contributed by atoms with van der Waals surface area (Å²) in [4.78, 5) is 31.6. The first-order chi connectivity index (χ1) is 11.1. The SMILES string of the molecule is COc1cc2nc[nH]c(=O)c2cc1OCCN1C[C@H](C)OC1=O. The fourth-order valence-corrected chi connectivity index (χ4v) is 2.47. The molecule has 2 aromatic rings. The van der Waals surface area contributed by atoms with Gasteiger partial charge in [-0.3, -0.25) is 4.79 Å². The van der Waals surface area contributed by atoms with Gasteiger partial charge in [0.2, 0.25) is 0 Å². The summed E-state index contributed by atoms with van der Waals surface area (Å²) in [7, 11) is 1.51. The maximum atomic E-state index is 11.8. The number of aromatic nitrogens is 2. The van der Waals surface area contributed by atoms with Crippen molar-refractivity contribution in [1.29, 1.82) is 0 Å². The van der Waals surface area contributed by atoms with Crippen LogP contribution < -0.4 is 15.0 Å². The lowest BCUT2D eigenvalue weighted by Crippen LogP contribution is -2.29. The second-order valence-electron chi connectivity index (χ2n) is 5.24. The number of nitrogens with zero attached hydrogens (tertiary/aromatic N) is 2. The Labute approximate surface area is 132 Å². The second-order valence-corrected chi connectivity index (χ2v) is 5.24. The number of carbonyl (C=O) groups excluding carboxylic acids is 1. The molecule has 0 unspecified atom stereocenters. The Hall–Kier alpha value is -2.77. The van der Waals surface area contributed by atoms with Crippen LogP contribution in [0.2, 0.25) is 0 Å². The summed E-state index contributed by atoms with van der Waals surface area (Å²) < 4.78 is 16.0. The molecule has 122 valence electrons. The summed E-state index contributed by atoms with van der Waals surface area (Å²) >= 11 is 0. The lowest BCUT2D eigenvalue weighted by Gasteiger charge is -2.15. The lowest BCUT2D eigenvalue weighted by atomic mass is 10.2. The summed E-state index contributed by atoms with van der Waals surface area (Å²) in [5, 5.41) is 0.414. The molecule has 2 heterocycles. The normalized spacial score (nSPS) is 17.4. The first-order valence-corrected chi connectivity index (χ1v) is 7.22. The maximum absolute atomic E-state index is 11.8. The van der Waals surface area contributed by atoms with E-state index in [9.17, 15) is 9.59 Å². The van der Waals surface area contributed by atoms with E-state index < -0.39 is 0 Å². The zero-order chi connectivity index (χ0) is 16.4. The van der Waals surface area contributed by atoms with E-state index in [-0.39, 0.29) is 24.4 Å². The van der Waals surface area contributed by atoms with Gasteiger partial charge < -0.3 is 24.1 Å². The average Bonchev–Trinajstić information content (AvgIpc) is 2.85. The summed E-state index contributed by atoms with van der Waals surface area (Å²) in [6, 6.07) is 3.23. The molecule has 1 aromatic carbocycles. The first-order valence-electron chi connectivity index (χ1n) is 7.22. The second kappa shape index (κ2) is 6.15. The van der Waals surface area contributed by atoms with Gasteiger partial charge in [-0.1, -0.05) is 0 Å². The first kappa shape index (κ1) is 15.1. The molecule has 1 saturated heterocycles. The minimum Gasteiger partial charge on any atom is -0.493 e. The Morgan fingerprint density at radius 1 is 1.39 bits per heavy atom. The molecular formula is C15H17N3O5. The Bertz CT molecular complexity index is 788. The van der Waals surface area contributed by atoms with Crippen LogP contribution >= 0.6 is 0 Å². The van der Waals surface area contributed by atoms with Crippen LogP contribution in [-0.4, -0.2) is 53.9 Å². The highest BCUT2D eigenvalue weighted by atomic mass is 16.6. The highest BCUT2D eigenvalue weighted by Gasteiger charge is 2.27. The van der Waals surface area contributed by atoms with Crippen LogP contribution in [0.15, 0.2) is 23.3 Å². The number of amides is 1. The number of aromatic amines is 1. The molecule has 0 spiro atoms. The molecule has 1 N–H and O–H groups in total. The predicted octanol–water partition coefficient (Wildman–Crippen LogP) is 1.15. The number of hydrogen-bond acceptors (Lipinski definition) is 6. The predicted molar refractivity (Wildman–Crippen MR) is 81.9 cm³/mol. The Balaban J connectivity index is 1.75. The third-order valence-corrected chi connectivity index (χ3v) is 3.58. The monoisotopic (exact) mass is 319 g/mol. The molecule has 3 rings (SSSR count). The topological polar surface area (TPSA) is 93.8 Å². The van der Waals surface area contributed by atoms with Gasteiger partial charge >= 0.3 is 6.09 Å². The molecule has 0 radical (unpaired) electrons. The zero-order valence-corrected chi connectivity index (χ0v) is 12.9. The van der Waals surface area contributed by atoms with Gasteiger partial charge in [0.25, 0.3) is 5.56 Å². The van der Waals surface area contributed by atoms with Crippen molar-refractivity contribution in [2.45, 2.75) is 13.0 Å². The minimum absolute atomic E-state index is 0.109. The number of rotatable bonds is 5. The lowest BCUT2D eigenvalue weighted by molar-refractivity contribution is 0.135. The molecule has 1 atom stereocenters. The summed E-state index contributed by atoms with van der Waals surface area (Å²) in [5.41, 5.74) is 0.273. The van der Waals surface area contributed by atoms with E-state index >= 15 is 0 Å². The number of carbonyl (C=O) groups is 1. The number of ether oxygens (including phenoxy) is 3. The third-order valence-electron chi connectivity index (χ3n) is 3.58. The highest BCUT2D eigenvalue weighted by Crippen LogP contribution is 2.30. The number of nitrogens with one attached hydrogen (secondary N) is 1. The number of H-pyrrole nitrogens is 1. The largest absolute Gasteiger partial charge is 0.493 e. The number of benzene rings is 1. The number of cyclic esters (lactones) is 1. The third kappa shape index (κ3) is 3.05. The van der Waals surface area contributed by atoms with Gasteiger partial charge in [-0.25, -0.2) is 9.78 Å². The molecule has 1 aliphatic rings. The van der Waals surface area contributed by atoms with Crippen molar-refractivity contribution >= 4 is 17.0 Å². The molecule has 0 bridgehead atoms. The molecule has 0 saturated carbocycles. The van der Waals surface area contributed by atoms with Gasteiger partial charge in [-0.05, 0) is 13.0 Å². The van der Waals surface area contributed by atoms with Crippen molar-refractivity contribution in [3.63, 3.8) is 0 Å². The van der Waals surface area contributed by atoms with Gasteiger partial charge in [0.05, 0.1) is 37.4 Å². The van der Waals surface area contributed by atoms with E-state index in [2.05, 4.69) is 9.97 Å². The number of fused-ring (bicyclic) bond motifs is 1. The Morgan fingerprint density at radius 2 is 2.22 bits per heavy atom. The Kier molecular flexibility index (Phi) is 4.05. The van der Waals surface area contributed by atoms with Gasteiger partial charge in [-0.15, -0.1) is 0 Å². The van der Waals surface area contributed by atoms with Crippen molar-refractivity contribution in [3.05, 3.63) is 28.8 Å². The number of hydrogen-bond donors (Lipinski definition) is 1. The molecule has 8 nitrogen and oxygen atoms in total. The molecule has 1 fully saturated rings. The highest BCUT2D eigenvalue weighted by molar-refractivity contribution is 5.81. The van der Waals surface area contributed by atoms with E-state index in [1.54, 1.807) is 17.0 Å². The van der Waals surface area contributed by atoms with Crippen molar-refractivity contribution in [2.24, 2.45) is 0 Å². The van der Waals surface area contributed by atoms with E-state index in [1.165, 1.54) is 13.4 Å². The number of methoxy groups -OCH3 is 1. The standard InChI is InChI=1S/C15H17N3O5/c1-9-7-18(15(20)23-9)3-4-22-13-5-10-11(6-12(13)21-2)16-8-17-14(10)19/h5-6,8-9H,3-4,7H2,1-2H3,(H,16,17,19)/t9-/m0/s1. The van der Waals surface area contributed by atoms with Gasteiger partial charge in [0.15, 0.2) is 11.5 Å². The smallest absolute Gasteiger partial charge is 0.410 e. The average molecular weight is 319 g/mol. The van der Waals surface area contributed by atoms with Crippen LogP contribution in [0.5, 0.6) is 11.5 Å². The minimum atomic E-state index is -0.341. The van der Waals surface area contributed by atoms with Crippen LogP contribution in [0.1, 0.15) is 6.92 Å². The summed E-state index contributed by atoms with van der Waals surface area (Å²) in [6.45, 7) is 3.04. The van der Waals surface area contributed by atoms with Crippen molar-refractivity contribution < 1.29 is 19.0 Å². The van der Waals surface area contributed by atoms with Crippen molar-refractivity contribution in [2.75, 3.05) is 26.8 Å². The summed E-state index contributed by atoms with van der Waals surface area (Å²) in [6.07, 6.45) is 0.889. The van der Waals surface area contributed by atoms with Crippen molar-refractivity contribution in [3.8, 4) is 11.5 Å². The van der Waals surface area contributed by atoms with Crippen LogP contribution in [0, 0.1) is 0 Å². The summed E-state index contributed by atoms with van der Waals surface area (Å²) in [5.74, 6) is 0.909. The van der Waals surface area contributed by atoms with Crippen LogP contribution in [0.4, 0.5) is 4.79 Å². The molecule has 1 amide bonds. The zero-order valence-electron chi connectivity index (χ0n) is 12.9. The van der Waals surface area contributed by atoms with Gasteiger partial charge in [0, 0.05) is 6.07 Å². The van der Waals surface area contributed by atoms with Crippen LogP contribution in [0.3, 0.4) is 0 Å². The van der Waals surface area contributed by atoms with E-state index in [1.807, 2.05) is 6.92 Å². The fraction of sp³-hybridized carbons (Fsp3) is 0.400. The van der Waals surface area contributed by atoms with E-state index in [0.29, 0.717) is 35.5 Å². The van der Waals surface area contributed by atoms with Gasteiger partial charge in [0.1, 0.15) is 12.7 Å². The Morgan fingerprint density at radius 3 is 2.91 bits per heavy atom. The quantitative estimate of drug-likeness (QED) is 0.888. The van der Waals surface area contributed by atoms with Crippen molar-refractivity contribution in [1.82, 2.24) is 14.9 Å². The molecule has 0 aliphatic carbocycles. The molecular weight excluding hydrogens is 302 g/mol. The molecule has 1 aliphatic heterocycles. The maximum Gasteiger partial charge on any atom is 0.410 e. The molecule has 1 aromatic heterocycles. The molecule has 8 heteroatoms.